The average Bonchev–Trinajstić information content (AvgIpc) is 0. The fraction of sp³-hybridized carbons (Fsp3) is 0. The molecule has 0 atom stereocenters. The molecular weight excluding hydrogens is 143 g/mol. The van der Waals surface area contributed by atoms with Gasteiger partial charge in [0.2, 0.25) is 0 Å². The van der Waals surface area contributed by atoms with Gasteiger partial charge in [-0.3, -0.25) is 18.8 Å². The van der Waals surface area contributed by atoms with Gasteiger partial charge < -0.3 is 5.48 Å². The molecule has 0 aliphatic heterocycles. The van der Waals surface area contributed by atoms with Crippen LogP contribution in [0.2, 0.25) is 0 Å². The van der Waals surface area contributed by atoms with Gasteiger partial charge in [-0.25, -0.2) is 0 Å². The Balaban J connectivity index is 0. The van der Waals surface area contributed by atoms with Crippen molar-refractivity contribution in [2.75, 3.05) is 0 Å². The Morgan fingerprint density at radius 2 is 0.500 bits per heavy atom. The van der Waals surface area contributed by atoms with Gasteiger partial charge in [-0.2, -0.15) is 0 Å². The first kappa shape index (κ1) is 2480. The third-order valence-electron chi connectivity index (χ3n) is 0. The summed E-state index contributed by atoms with van der Waals surface area (Å²) in [7, 11) is 0. The maximum atomic E-state index is 0. The molecule has 0 saturated heterocycles. The van der Waals surface area contributed by atoms with E-state index in [0.29, 0.717) is 0 Å². The van der Waals surface area contributed by atoms with Crippen LogP contribution >= 0.6 is 0 Å². The van der Waals surface area contributed by atoms with Crippen molar-refractivity contribution in [2.45, 2.75) is 0 Å². The Morgan fingerprint density at radius 1 is 0.500 bits per heavy atom. The van der Waals surface area contributed by atoms with E-state index in [9.17, 15) is 0 Å². The summed E-state index contributed by atoms with van der Waals surface area (Å²) in [5.41, 5.74) is 0. The molecule has 6 heteroatoms. The molecule has 1 nitrogen and oxygen atoms in total. The summed E-state index contributed by atoms with van der Waals surface area (Å²) in [5, 5.41) is 0. The minimum atomic E-state index is 0. The van der Waals surface area contributed by atoms with Crippen molar-refractivity contribution in [3.05, 3.63) is 0 Å². The third-order valence-corrected chi connectivity index (χ3v) is 0. The molecule has 0 aromatic heterocycles. The van der Waals surface area contributed by atoms with Gasteiger partial charge in [0.05, 0.1) is 0 Å². The molecule has 0 heterocycles. The predicted molar refractivity (Wildman–Crippen MR) is 13.6 cm³/mol. The first-order valence-corrected chi connectivity index (χ1v) is 0. The summed E-state index contributed by atoms with van der Waals surface area (Å²) in [4.78, 5) is 0. The van der Waals surface area contributed by atoms with E-state index in [2.05, 4.69) is 0 Å². The molecule has 0 saturated carbocycles. The van der Waals surface area contributed by atoms with Crippen molar-refractivity contribution in [1.82, 2.24) is 0 Å². The van der Waals surface area contributed by atoms with E-state index in [-0.39, 0.29) is 42.8 Å². The Labute approximate surface area is 43.8 Å². The Morgan fingerprint density at radius 3 is 0.500 bits per heavy atom. The van der Waals surface area contributed by atoms with Crippen molar-refractivity contribution >= 4 is 0 Å². The van der Waals surface area contributed by atoms with Gasteiger partial charge >= 0.3 is 0 Å². The van der Waals surface area contributed by atoms with E-state index in [1.165, 1.54) is 0 Å². The summed E-state index contributed by atoms with van der Waals surface area (Å²) >= 11 is 0. The van der Waals surface area contributed by atoms with Crippen LogP contribution in [0.4, 0.5) is 18.8 Å². The topological polar surface area (TPSA) is 31.5 Å². The largest absolute Gasteiger partial charge is 0.412 e. The maximum Gasteiger partial charge on any atom is 0 e. The molecule has 0 rings (SSSR count). The summed E-state index contributed by atoms with van der Waals surface area (Å²) in [5.74, 6) is 0. The van der Waals surface area contributed by atoms with Crippen LogP contribution in [0, 0.1) is 0 Å². The van der Waals surface area contributed by atoms with E-state index in [1.807, 2.05) is 0 Å². The van der Waals surface area contributed by atoms with Crippen LogP contribution in [0.5, 0.6) is 0 Å². The zero-order chi connectivity index (χ0) is 0. The summed E-state index contributed by atoms with van der Waals surface area (Å²) in [6.45, 7) is 0. The van der Waals surface area contributed by atoms with E-state index in [0.717, 1.165) is 0 Å². The maximum absolute atomic E-state index is 0. The zero-order valence-corrected chi connectivity index (χ0v) is 3.98. The Kier molecular flexibility index (Phi) is 567000. The van der Waals surface area contributed by atoms with E-state index in [4.69, 9.17) is 0 Å². The molecule has 0 fully saturated rings. The second-order valence-electron chi connectivity index (χ2n) is 0. The van der Waals surface area contributed by atoms with Crippen molar-refractivity contribution in [1.29, 1.82) is 0 Å². The molecular formula is H6F4OV. The van der Waals surface area contributed by atoms with Crippen LogP contribution in [0.1, 0.15) is 0 Å². The fourth-order valence-electron chi connectivity index (χ4n) is 0. The fourth-order valence-corrected chi connectivity index (χ4v) is 0. The van der Waals surface area contributed by atoms with Crippen molar-refractivity contribution < 1.29 is 42.8 Å². The third kappa shape index (κ3) is 650. The molecule has 0 amide bonds. The Bertz CT molecular complexity index is 7.51. The average molecular weight is 149 g/mol. The summed E-state index contributed by atoms with van der Waals surface area (Å²) in [6.07, 6.45) is 0. The molecule has 0 aliphatic rings. The number of hydrogen-bond acceptors (Lipinski definition) is 0. The van der Waals surface area contributed by atoms with Gasteiger partial charge in [0.25, 0.3) is 0 Å². The molecule has 0 bridgehead atoms. The van der Waals surface area contributed by atoms with Gasteiger partial charge in [-0.05, 0) is 0 Å². The molecule has 0 unspecified atom stereocenters. The number of rotatable bonds is 0. The van der Waals surface area contributed by atoms with Crippen molar-refractivity contribution in [3.63, 3.8) is 0 Å². The summed E-state index contributed by atoms with van der Waals surface area (Å²) in [6, 6.07) is 0. The van der Waals surface area contributed by atoms with E-state index in [1.54, 1.807) is 0 Å². The second kappa shape index (κ2) is 1370. The van der Waals surface area contributed by atoms with Crippen LogP contribution in [0.25, 0.3) is 0 Å². The van der Waals surface area contributed by atoms with E-state index < -0.39 is 0 Å². The first-order chi connectivity index (χ1) is 0. The normalized spacial score (nSPS) is 0. The zero-order valence-electron chi connectivity index (χ0n) is 2.58. The van der Waals surface area contributed by atoms with E-state index >= 15 is 0 Å². The van der Waals surface area contributed by atoms with Crippen LogP contribution < -0.4 is 0 Å². The monoisotopic (exact) mass is 149 g/mol. The van der Waals surface area contributed by atoms with Gasteiger partial charge in [0.1, 0.15) is 0 Å². The molecule has 1 radical (unpaired) electrons. The summed E-state index contributed by atoms with van der Waals surface area (Å²) < 4.78 is 0. The second-order valence-corrected chi connectivity index (χ2v) is 0. The molecule has 6 heavy (non-hydrogen) atoms. The van der Waals surface area contributed by atoms with Crippen molar-refractivity contribution in [3.8, 4) is 0 Å². The van der Waals surface area contributed by atoms with Crippen molar-refractivity contribution in [2.24, 2.45) is 0 Å². The quantitative estimate of drug-likeness (QED) is 0.426. The molecule has 0 aromatic rings. The Hall–Kier alpha value is 0.264. The number of hydrogen-bond donors (Lipinski definition) is 0. The van der Waals surface area contributed by atoms with Crippen LogP contribution in [0.15, 0.2) is 0 Å². The van der Waals surface area contributed by atoms with Crippen LogP contribution in [-0.2, 0) is 18.6 Å². The smallest absolute Gasteiger partial charge is 0 e. The van der Waals surface area contributed by atoms with Crippen LogP contribution in [0.3, 0.4) is 0 Å². The molecule has 0 spiro atoms. The first-order valence-electron chi connectivity index (χ1n) is 0. The minimum absolute atomic E-state index is 0. The van der Waals surface area contributed by atoms with Gasteiger partial charge in [0, 0.05) is 18.6 Å². The standard InChI is InChI=1S/4FH.H2O.V/h4*1H;1H2;. The number of halogens is 4. The van der Waals surface area contributed by atoms with Gasteiger partial charge in [0.15, 0.2) is 0 Å². The minimum Gasteiger partial charge on any atom is -0.412 e. The van der Waals surface area contributed by atoms with Gasteiger partial charge in [-0.15, -0.1) is 0 Å². The molecule has 0 aliphatic carbocycles. The van der Waals surface area contributed by atoms with Crippen LogP contribution in [-0.4, -0.2) is 5.48 Å². The molecule has 45 valence electrons. The molecule has 2 N–H and O–H groups in total. The predicted octanol–water partition coefficient (Wildman–Crippen LogP) is -0.217. The van der Waals surface area contributed by atoms with Gasteiger partial charge in [-0.1, -0.05) is 0 Å². The molecule has 0 aromatic carbocycles. The SMILES string of the molecule is F.F.F.F.O.[V].